The molecule has 0 spiro atoms. The fraction of sp³-hybridized carbons (Fsp3) is 0.500. The summed E-state index contributed by atoms with van der Waals surface area (Å²) in [5.74, 6) is 0. The second kappa shape index (κ2) is 5.76. The van der Waals surface area contributed by atoms with Gasteiger partial charge in [0.1, 0.15) is 0 Å². The lowest BCUT2D eigenvalue weighted by Crippen LogP contribution is -2.20. The van der Waals surface area contributed by atoms with E-state index in [1.165, 1.54) is 18.4 Å². The summed E-state index contributed by atoms with van der Waals surface area (Å²) in [6.07, 6.45) is 2.45. The quantitative estimate of drug-likeness (QED) is 0.728. The van der Waals surface area contributed by atoms with Gasteiger partial charge in [0.2, 0.25) is 0 Å². The third-order valence-electron chi connectivity index (χ3n) is 2.23. The zero-order valence-corrected chi connectivity index (χ0v) is 8.59. The normalized spacial score (nSPS) is 12.8. The zero-order chi connectivity index (χ0) is 9.52. The molecule has 1 nitrogen and oxygen atoms in total. The molecule has 1 aromatic carbocycles. The average Bonchev–Trinajstić information content (AvgIpc) is 2.19. The molecule has 0 aliphatic rings. The van der Waals surface area contributed by atoms with E-state index in [2.05, 4.69) is 49.5 Å². The highest BCUT2D eigenvalue weighted by Gasteiger charge is 2.06. The summed E-state index contributed by atoms with van der Waals surface area (Å²) in [4.78, 5) is 0. The summed E-state index contributed by atoms with van der Waals surface area (Å²) in [6, 6.07) is 11.2. The van der Waals surface area contributed by atoms with E-state index >= 15 is 0 Å². The highest BCUT2D eigenvalue weighted by Crippen LogP contribution is 2.17. The van der Waals surface area contributed by atoms with Crippen LogP contribution < -0.4 is 5.32 Å². The van der Waals surface area contributed by atoms with Gasteiger partial charge in [-0.25, -0.2) is 0 Å². The molecule has 1 atom stereocenters. The van der Waals surface area contributed by atoms with Crippen molar-refractivity contribution in [3.63, 3.8) is 0 Å². The maximum atomic E-state index is 3.50. The first-order valence-electron chi connectivity index (χ1n) is 5.16. The summed E-state index contributed by atoms with van der Waals surface area (Å²) in [5.41, 5.74) is 1.41. The minimum absolute atomic E-state index is 0.538. The number of hydrogen-bond acceptors (Lipinski definition) is 1. The highest BCUT2D eigenvalue weighted by molar-refractivity contribution is 5.18. The smallest absolute Gasteiger partial charge is 0.0320 e. The van der Waals surface area contributed by atoms with E-state index in [4.69, 9.17) is 0 Å². The Kier molecular flexibility index (Phi) is 4.55. The molecular formula is C12H19N. The largest absolute Gasteiger partial charge is 0.310 e. The molecule has 0 aliphatic heterocycles. The first-order chi connectivity index (χ1) is 6.38. The molecule has 0 fully saturated rings. The van der Waals surface area contributed by atoms with Crippen molar-refractivity contribution in [3.05, 3.63) is 35.9 Å². The minimum atomic E-state index is 0.538. The molecule has 0 heterocycles. The molecule has 0 bridgehead atoms. The standard InChI is InChI=1S/C12H19N/c1-3-8-12(13-4-2)11-9-6-5-7-10-11/h5-7,9-10,12-13H,3-4,8H2,1-2H3/t12-/m0/s1. The lowest BCUT2D eigenvalue weighted by Gasteiger charge is -2.17. The second-order valence-corrected chi connectivity index (χ2v) is 3.31. The van der Waals surface area contributed by atoms with Crippen LogP contribution in [-0.2, 0) is 0 Å². The van der Waals surface area contributed by atoms with Gasteiger partial charge in [0.05, 0.1) is 0 Å². The SMILES string of the molecule is CCC[C@H](NCC)c1ccccc1. The lowest BCUT2D eigenvalue weighted by atomic mass is 10.0. The lowest BCUT2D eigenvalue weighted by molar-refractivity contribution is 0.509. The van der Waals surface area contributed by atoms with E-state index < -0.39 is 0 Å². The predicted molar refractivity (Wildman–Crippen MR) is 57.8 cm³/mol. The van der Waals surface area contributed by atoms with E-state index in [9.17, 15) is 0 Å². The van der Waals surface area contributed by atoms with Crippen molar-refractivity contribution >= 4 is 0 Å². The van der Waals surface area contributed by atoms with Gasteiger partial charge in [0.25, 0.3) is 0 Å². The topological polar surface area (TPSA) is 12.0 Å². The predicted octanol–water partition coefficient (Wildman–Crippen LogP) is 3.14. The molecule has 0 aliphatic carbocycles. The molecule has 0 radical (unpaired) electrons. The van der Waals surface area contributed by atoms with Gasteiger partial charge < -0.3 is 5.32 Å². The Morgan fingerprint density at radius 1 is 1.15 bits per heavy atom. The van der Waals surface area contributed by atoms with Crippen LogP contribution in [0, 0.1) is 0 Å². The first-order valence-corrected chi connectivity index (χ1v) is 5.16. The Balaban J connectivity index is 2.64. The fourth-order valence-corrected chi connectivity index (χ4v) is 1.61. The van der Waals surface area contributed by atoms with Crippen molar-refractivity contribution < 1.29 is 0 Å². The monoisotopic (exact) mass is 177 g/mol. The number of rotatable bonds is 5. The molecule has 1 aromatic rings. The van der Waals surface area contributed by atoms with Crippen LogP contribution >= 0.6 is 0 Å². The molecule has 1 N–H and O–H groups in total. The summed E-state index contributed by atoms with van der Waals surface area (Å²) in [5, 5.41) is 3.50. The van der Waals surface area contributed by atoms with Gasteiger partial charge >= 0.3 is 0 Å². The third kappa shape index (κ3) is 3.19. The maximum Gasteiger partial charge on any atom is 0.0320 e. The molecule has 72 valence electrons. The molecule has 0 amide bonds. The van der Waals surface area contributed by atoms with E-state index in [-0.39, 0.29) is 0 Å². The van der Waals surface area contributed by atoms with E-state index in [1.807, 2.05) is 0 Å². The van der Waals surface area contributed by atoms with Gasteiger partial charge in [0, 0.05) is 6.04 Å². The number of nitrogens with one attached hydrogen (secondary N) is 1. The molecule has 0 saturated carbocycles. The summed E-state index contributed by atoms with van der Waals surface area (Å²) >= 11 is 0. The first kappa shape index (κ1) is 10.3. The maximum absolute atomic E-state index is 3.50. The van der Waals surface area contributed by atoms with Crippen LogP contribution in [0.5, 0.6) is 0 Å². The van der Waals surface area contributed by atoms with Crippen molar-refractivity contribution in [1.82, 2.24) is 5.32 Å². The van der Waals surface area contributed by atoms with Crippen molar-refractivity contribution in [2.45, 2.75) is 32.7 Å². The molecule has 1 rings (SSSR count). The summed E-state index contributed by atoms with van der Waals surface area (Å²) < 4.78 is 0. The van der Waals surface area contributed by atoms with Gasteiger partial charge in [-0.2, -0.15) is 0 Å². The van der Waals surface area contributed by atoms with E-state index in [0.717, 1.165) is 6.54 Å². The zero-order valence-electron chi connectivity index (χ0n) is 8.59. The molecule has 1 heteroatoms. The number of hydrogen-bond donors (Lipinski definition) is 1. The second-order valence-electron chi connectivity index (χ2n) is 3.31. The van der Waals surface area contributed by atoms with Crippen LogP contribution in [0.4, 0.5) is 0 Å². The number of benzene rings is 1. The Bertz CT molecular complexity index is 212. The Labute approximate surface area is 81.2 Å². The average molecular weight is 177 g/mol. The fourth-order valence-electron chi connectivity index (χ4n) is 1.61. The Morgan fingerprint density at radius 3 is 2.38 bits per heavy atom. The van der Waals surface area contributed by atoms with Crippen LogP contribution in [0.25, 0.3) is 0 Å². The van der Waals surface area contributed by atoms with E-state index in [1.54, 1.807) is 0 Å². The van der Waals surface area contributed by atoms with E-state index in [0.29, 0.717) is 6.04 Å². The van der Waals surface area contributed by atoms with Crippen molar-refractivity contribution in [2.24, 2.45) is 0 Å². The van der Waals surface area contributed by atoms with Crippen LogP contribution in [0.2, 0.25) is 0 Å². The third-order valence-corrected chi connectivity index (χ3v) is 2.23. The summed E-state index contributed by atoms with van der Waals surface area (Å²) in [6.45, 7) is 5.43. The highest BCUT2D eigenvalue weighted by atomic mass is 14.9. The van der Waals surface area contributed by atoms with Gasteiger partial charge in [-0.3, -0.25) is 0 Å². The van der Waals surface area contributed by atoms with Gasteiger partial charge in [-0.1, -0.05) is 50.6 Å². The van der Waals surface area contributed by atoms with Gasteiger partial charge in [0.15, 0.2) is 0 Å². The van der Waals surface area contributed by atoms with Crippen molar-refractivity contribution in [3.8, 4) is 0 Å². The van der Waals surface area contributed by atoms with Crippen LogP contribution in [0.3, 0.4) is 0 Å². The Hall–Kier alpha value is -0.820. The molecule has 13 heavy (non-hydrogen) atoms. The molecular weight excluding hydrogens is 158 g/mol. The van der Waals surface area contributed by atoms with Crippen LogP contribution in [0.1, 0.15) is 38.3 Å². The van der Waals surface area contributed by atoms with Gasteiger partial charge in [-0.15, -0.1) is 0 Å². The Morgan fingerprint density at radius 2 is 1.85 bits per heavy atom. The molecule has 0 saturated heterocycles. The van der Waals surface area contributed by atoms with Crippen molar-refractivity contribution in [2.75, 3.05) is 6.54 Å². The van der Waals surface area contributed by atoms with Crippen molar-refractivity contribution in [1.29, 1.82) is 0 Å². The summed E-state index contributed by atoms with van der Waals surface area (Å²) in [7, 11) is 0. The minimum Gasteiger partial charge on any atom is -0.310 e. The van der Waals surface area contributed by atoms with Crippen LogP contribution in [0.15, 0.2) is 30.3 Å². The molecule has 0 aromatic heterocycles. The van der Waals surface area contributed by atoms with Crippen LogP contribution in [-0.4, -0.2) is 6.54 Å². The molecule has 0 unspecified atom stereocenters. The van der Waals surface area contributed by atoms with Gasteiger partial charge in [-0.05, 0) is 18.5 Å².